The Hall–Kier alpha value is -2.14. The van der Waals surface area contributed by atoms with Crippen LogP contribution in [0.15, 0.2) is 36.5 Å². The van der Waals surface area contributed by atoms with Gasteiger partial charge in [-0.1, -0.05) is 18.2 Å². The molecule has 0 aliphatic heterocycles. The van der Waals surface area contributed by atoms with E-state index in [-0.39, 0.29) is 12.6 Å². The summed E-state index contributed by atoms with van der Waals surface area (Å²) in [6.07, 6.45) is 1.51. The molecule has 0 unspecified atom stereocenters. The van der Waals surface area contributed by atoms with Crippen LogP contribution < -0.4 is 10.5 Å². The van der Waals surface area contributed by atoms with E-state index in [1.165, 1.54) is 6.20 Å². The number of rotatable bonds is 3. The van der Waals surface area contributed by atoms with Crippen molar-refractivity contribution in [2.75, 3.05) is 5.73 Å². The largest absolute Gasteiger partial charge is 0.438 e. The summed E-state index contributed by atoms with van der Waals surface area (Å²) in [4.78, 5) is 7.67. The Balaban J connectivity index is 2.26. The lowest BCUT2D eigenvalue weighted by Gasteiger charge is -2.08. The van der Waals surface area contributed by atoms with Gasteiger partial charge < -0.3 is 15.6 Å². The number of aliphatic hydroxyl groups is 1. The van der Waals surface area contributed by atoms with E-state index in [1.54, 1.807) is 18.2 Å². The van der Waals surface area contributed by atoms with Crippen LogP contribution in [-0.4, -0.2) is 15.1 Å². The van der Waals surface area contributed by atoms with Crippen molar-refractivity contribution in [3.63, 3.8) is 0 Å². The zero-order chi connectivity index (χ0) is 11.4. The lowest BCUT2D eigenvalue weighted by Crippen LogP contribution is -1.97. The van der Waals surface area contributed by atoms with E-state index < -0.39 is 0 Å². The molecule has 16 heavy (non-hydrogen) atoms. The predicted molar refractivity (Wildman–Crippen MR) is 58.9 cm³/mol. The number of nitrogens with zero attached hydrogens (tertiary/aromatic N) is 2. The standard InChI is InChI=1S/C11H11N3O2/c12-11-13-6-5-10(14-11)16-9-4-2-1-3-8(9)7-15/h1-6,15H,7H2,(H2,12,13,14). The highest BCUT2D eigenvalue weighted by Crippen LogP contribution is 2.23. The van der Waals surface area contributed by atoms with Crippen molar-refractivity contribution < 1.29 is 9.84 Å². The van der Waals surface area contributed by atoms with Gasteiger partial charge in [-0.15, -0.1) is 0 Å². The molecule has 0 fully saturated rings. The average molecular weight is 217 g/mol. The van der Waals surface area contributed by atoms with Crippen LogP contribution in [0.5, 0.6) is 11.6 Å². The first kappa shape index (κ1) is 10.4. The number of para-hydroxylation sites is 1. The van der Waals surface area contributed by atoms with Gasteiger partial charge in [-0.2, -0.15) is 4.98 Å². The summed E-state index contributed by atoms with van der Waals surface area (Å²) in [6, 6.07) is 8.78. The van der Waals surface area contributed by atoms with Gasteiger partial charge in [0.05, 0.1) is 6.61 Å². The van der Waals surface area contributed by atoms with E-state index in [2.05, 4.69) is 9.97 Å². The fraction of sp³-hybridized carbons (Fsp3) is 0.0909. The predicted octanol–water partition coefficient (Wildman–Crippen LogP) is 1.34. The first-order chi connectivity index (χ1) is 7.79. The Bertz CT molecular complexity index is 488. The van der Waals surface area contributed by atoms with Gasteiger partial charge in [-0.05, 0) is 6.07 Å². The monoisotopic (exact) mass is 217 g/mol. The fourth-order valence-corrected chi connectivity index (χ4v) is 1.26. The minimum atomic E-state index is -0.0866. The second-order valence-corrected chi connectivity index (χ2v) is 3.12. The number of aliphatic hydroxyl groups excluding tert-OH is 1. The third-order valence-corrected chi connectivity index (χ3v) is 2.01. The lowest BCUT2D eigenvalue weighted by atomic mass is 10.2. The normalized spacial score (nSPS) is 10.1. The zero-order valence-electron chi connectivity index (χ0n) is 8.50. The first-order valence-corrected chi connectivity index (χ1v) is 4.75. The third-order valence-electron chi connectivity index (χ3n) is 2.01. The summed E-state index contributed by atoms with van der Waals surface area (Å²) >= 11 is 0. The van der Waals surface area contributed by atoms with E-state index in [0.717, 1.165) is 0 Å². The fourth-order valence-electron chi connectivity index (χ4n) is 1.26. The summed E-state index contributed by atoms with van der Waals surface area (Å²) in [7, 11) is 0. The molecule has 1 heterocycles. The van der Waals surface area contributed by atoms with Gasteiger partial charge in [0.1, 0.15) is 5.75 Å². The molecule has 0 saturated heterocycles. The Morgan fingerprint density at radius 2 is 2.06 bits per heavy atom. The smallest absolute Gasteiger partial charge is 0.224 e. The second kappa shape index (κ2) is 4.59. The molecular weight excluding hydrogens is 206 g/mol. The number of aromatic nitrogens is 2. The van der Waals surface area contributed by atoms with E-state index >= 15 is 0 Å². The van der Waals surface area contributed by atoms with Crippen molar-refractivity contribution in [1.29, 1.82) is 0 Å². The second-order valence-electron chi connectivity index (χ2n) is 3.12. The van der Waals surface area contributed by atoms with E-state index in [9.17, 15) is 0 Å². The maximum Gasteiger partial charge on any atom is 0.224 e. The van der Waals surface area contributed by atoms with Crippen molar-refractivity contribution in [2.24, 2.45) is 0 Å². The quantitative estimate of drug-likeness (QED) is 0.810. The van der Waals surface area contributed by atoms with Crippen LogP contribution in [0.4, 0.5) is 5.95 Å². The summed E-state index contributed by atoms with van der Waals surface area (Å²) in [5.74, 6) is 1.07. The number of hydrogen-bond donors (Lipinski definition) is 2. The van der Waals surface area contributed by atoms with Crippen molar-refractivity contribution in [3.8, 4) is 11.6 Å². The molecule has 0 atom stereocenters. The van der Waals surface area contributed by atoms with E-state index in [4.69, 9.17) is 15.6 Å². The van der Waals surface area contributed by atoms with Gasteiger partial charge in [0.25, 0.3) is 0 Å². The van der Waals surface area contributed by atoms with Gasteiger partial charge >= 0.3 is 0 Å². The maximum absolute atomic E-state index is 9.11. The Morgan fingerprint density at radius 1 is 1.25 bits per heavy atom. The number of hydrogen-bond acceptors (Lipinski definition) is 5. The van der Waals surface area contributed by atoms with Crippen molar-refractivity contribution in [2.45, 2.75) is 6.61 Å². The molecule has 1 aromatic heterocycles. The molecule has 5 nitrogen and oxygen atoms in total. The minimum Gasteiger partial charge on any atom is -0.438 e. The van der Waals surface area contributed by atoms with Crippen LogP contribution in [0.25, 0.3) is 0 Å². The van der Waals surface area contributed by atoms with E-state index in [1.807, 2.05) is 12.1 Å². The highest BCUT2D eigenvalue weighted by molar-refractivity contribution is 5.36. The molecule has 5 heteroatoms. The highest BCUT2D eigenvalue weighted by atomic mass is 16.5. The lowest BCUT2D eigenvalue weighted by molar-refractivity contribution is 0.276. The molecule has 0 aliphatic carbocycles. The van der Waals surface area contributed by atoms with Gasteiger partial charge in [0, 0.05) is 17.8 Å². The summed E-state index contributed by atoms with van der Waals surface area (Å²) < 4.78 is 5.49. The summed E-state index contributed by atoms with van der Waals surface area (Å²) in [5.41, 5.74) is 6.13. The number of nitrogens with two attached hydrogens (primary N) is 1. The van der Waals surface area contributed by atoms with Gasteiger partial charge in [0.15, 0.2) is 0 Å². The topological polar surface area (TPSA) is 81.3 Å². The Morgan fingerprint density at radius 3 is 2.81 bits per heavy atom. The Labute approximate surface area is 92.5 Å². The van der Waals surface area contributed by atoms with Gasteiger partial charge in [0.2, 0.25) is 11.8 Å². The summed E-state index contributed by atoms with van der Waals surface area (Å²) in [6.45, 7) is -0.0866. The third kappa shape index (κ3) is 2.26. The van der Waals surface area contributed by atoms with Gasteiger partial charge in [-0.3, -0.25) is 0 Å². The zero-order valence-corrected chi connectivity index (χ0v) is 8.50. The molecule has 0 bridgehead atoms. The minimum absolute atomic E-state index is 0.0866. The average Bonchev–Trinajstić information content (AvgIpc) is 2.30. The molecule has 0 amide bonds. The maximum atomic E-state index is 9.11. The number of benzene rings is 1. The molecule has 3 N–H and O–H groups in total. The number of anilines is 1. The van der Waals surface area contributed by atoms with Crippen LogP contribution >= 0.6 is 0 Å². The van der Waals surface area contributed by atoms with Crippen molar-refractivity contribution in [1.82, 2.24) is 9.97 Å². The van der Waals surface area contributed by atoms with Crippen LogP contribution in [0.1, 0.15) is 5.56 Å². The van der Waals surface area contributed by atoms with Crippen molar-refractivity contribution >= 4 is 5.95 Å². The molecule has 2 aromatic rings. The summed E-state index contributed by atoms with van der Waals surface area (Å²) in [5, 5.41) is 9.11. The number of ether oxygens (including phenoxy) is 1. The van der Waals surface area contributed by atoms with Crippen LogP contribution in [-0.2, 0) is 6.61 Å². The highest BCUT2D eigenvalue weighted by Gasteiger charge is 2.04. The molecule has 0 saturated carbocycles. The molecule has 0 aliphatic rings. The molecule has 82 valence electrons. The van der Waals surface area contributed by atoms with Crippen molar-refractivity contribution in [3.05, 3.63) is 42.1 Å². The molecular formula is C11H11N3O2. The molecule has 0 spiro atoms. The number of nitrogen functional groups attached to an aromatic ring is 1. The SMILES string of the molecule is Nc1nccc(Oc2ccccc2CO)n1. The van der Waals surface area contributed by atoms with Crippen LogP contribution in [0, 0.1) is 0 Å². The molecule has 1 aromatic carbocycles. The van der Waals surface area contributed by atoms with Crippen LogP contribution in [0.2, 0.25) is 0 Å². The van der Waals surface area contributed by atoms with E-state index in [0.29, 0.717) is 17.2 Å². The van der Waals surface area contributed by atoms with Gasteiger partial charge in [-0.25, -0.2) is 4.98 Å². The van der Waals surface area contributed by atoms with Crippen LogP contribution in [0.3, 0.4) is 0 Å². The molecule has 0 radical (unpaired) electrons. The molecule has 2 rings (SSSR count). The first-order valence-electron chi connectivity index (χ1n) is 4.75. The Kier molecular flexibility index (Phi) is 2.98.